The van der Waals surface area contributed by atoms with E-state index in [1.807, 2.05) is 6.07 Å². The van der Waals surface area contributed by atoms with E-state index in [2.05, 4.69) is 52.9 Å². The highest BCUT2D eigenvalue weighted by atomic mass is 16.5. The highest BCUT2D eigenvalue weighted by molar-refractivity contribution is 5.90. The zero-order valence-corrected chi connectivity index (χ0v) is 12.0. The van der Waals surface area contributed by atoms with Crippen molar-refractivity contribution in [3.8, 4) is 5.75 Å². The number of hydrogen-bond donors (Lipinski definition) is 2. The second-order valence-corrected chi connectivity index (χ2v) is 5.60. The summed E-state index contributed by atoms with van der Waals surface area (Å²) in [6.07, 6.45) is 4.15. The van der Waals surface area contributed by atoms with E-state index >= 15 is 0 Å². The molecule has 3 heteroatoms. The third-order valence-electron chi connectivity index (χ3n) is 4.27. The Morgan fingerprint density at radius 3 is 2.76 bits per heavy atom. The van der Waals surface area contributed by atoms with Gasteiger partial charge in [-0.15, -0.1) is 0 Å². The molecule has 0 fully saturated rings. The highest BCUT2D eigenvalue weighted by Crippen LogP contribution is 2.36. The fourth-order valence-corrected chi connectivity index (χ4v) is 3.36. The van der Waals surface area contributed by atoms with Gasteiger partial charge in [0.05, 0.1) is 7.11 Å². The molecule has 1 unspecified atom stereocenters. The number of H-pyrrole nitrogens is 1. The second kappa shape index (κ2) is 4.85. The normalized spacial score (nSPS) is 16.9. The third kappa shape index (κ3) is 2.05. The molecule has 0 spiro atoms. The van der Waals surface area contributed by atoms with Crippen molar-refractivity contribution < 1.29 is 4.74 Å². The van der Waals surface area contributed by atoms with Gasteiger partial charge in [0.2, 0.25) is 0 Å². The summed E-state index contributed by atoms with van der Waals surface area (Å²) in [5, 5.41) is 4.98. The van der Waals surface area contributed by atoms with Gasteiger partial charge >= 0.3 is 0 Å². The SMILES string of the molecule is COc1ccc2[nH]cc3c2c1CC(Nc1ccccc1)C3. The molecule has 0 aliphatic heterocycles. The number of anilines is 1. The number of aromatic nitrogens is 1. The zero-order valence-electron chi connectivity index (χ0n) is 12.0. The number of aromatic amines is 1. The van der Waals surface area contributed by atoms with Crippen molar-refractivity contribution in [1.82, 2.24) is 4.98 Å². The van der Waals surface area contributed by atoms with E-state index in [0.717, 1.165) is 18.6 Å². The lowest BCUT2D eigenvalue weighted by molar-refractivity contribution is 0.408. The topological polar surface area (TPSA) is 37.0 Å². The van der Waals surface area contributed by atoms with Gasteiger partial charge in [-0.25, -0.2) is 0 Å². The summed E-state index contributed by atoms with van der Waals surface area (Å²) in [5.74, 6) is 0.989. The van der Waals surface area contributed by atoms with Gasteiger partial charge in [0.1, 0.15) is 5.75 Å². The van der Waals surface area contributed by atoms with Gasteiger partial charge in [0, 0.05) is 34.4 Å². The largest absolute Gasteiger partial charge is 0.496 e. The van der Waals surface area contributed by atoms with E-state index in [0.29, 0.717) is 6.04 Å². The zero-order chi connectivity index (χ0) is 14.2. The molecule has 1 aliphatic carbocycles. The lowest BCUT2D eigenvalue weighted by Gasteiger charge is -2.26. The Labute approximate surface area is 123 Å². The van der Waals surface area contributed by atoms with Crippen molar-refractivity contribution in [3.05, 3.63) is 59.8 Å². The number of ether oxygens (including phenoxy) is 1. The quantitative estimate of drug-likeness (QED) is 0.765. The number of benzene rings is 2. The maximum atomic E-state index is 5.56. The fraction of sp³-hybridized carbons (Fsp3) is 0.222. The van der Waals surface area contributed by atoms with Crippen LogP contribution in [-0.2, 0) is 12.8 Å². The molecule has 1 aliphatic rings. The maximum Gasteiger partial charge on any atom is 0.122 e. The van der Waals surface area contributed by atoms with Crippen LogP contribution in [0.2, 0.25) is 0 Å². The Morgan fingerprint density at radius 1 is 1.10 bits per heavy atom. The number of hydrogen-bond acceptors (Lipinski definition) is 2. The van der Waals surface area contributed by atoms with Gasteiger partial charge in [0.15, 0.2) is 0 Å². The van der Waals surface area contributed by atoms with Crippen LogP contribution >= 0.6 is 0 Å². The van der Waals surface area contributed by atoms with Crippen LogP contribution in [0.15, 0.2) is 48.7 Å². The Balaban J connectivity index is 1.71. The van der Waals surface area contributed by atoms with Crippen molar-refractivity contribution in [2.45, 2.75) is 18.9 Å². The van der Waals surface area contributed by atoms with Crippen LogP contribution in [0.5, 0.6) is 5.75 Å². The molecule has 1 atom stereocenters. The third-order valence-corrected chi connectivity index (χ3v) is 4.27. The summed E-state index contributed by atoms with van der Waals surface area (Å²) < 4.78 is 5.56. The minimum absolute atomic E-state index is 0.398. The lowest BCUT2D eigenvalue weighted by atomic mass is 9.88. The lowest BCUT2D eigenvalue weighted by Crippen LogP contribution is -2.27. The Bertz CT molecular complexity index is 777. The minimum atomic E-state index is 0.398. The molecule has 2 N–H and O–H groups in total. The summed E-state index contributed by atoms with van der Waals surface area (Å²) in [4.78, 5) is 3.37. The first-order valence-electron chi connectivity index (χ1n) is 7.32. The van der Waals surface area contributed by atoms with Crippen LogP contribution in [0, 0.1) is 0 Å². The minimum Gasteiger partial charge on any atom is -0.496 e. The molecule has 21 heavy (non-hydrogen) atoms. The van der Waals surface area contributed by atoms with E-state index in [1.165, 1.54) is 27.7 Å². The predicted molar refractivity (Wildman–Crippen MR) is 86.1 cm³/mol. The van der Waals surface area contributed by atoms with Crippen LogP contribution in [0.1, 0.15) is 11.1 Å². The summed E-state index contributed by atoms with van der Waals surface area (Å²) in [5.41, 5.74) is 5.07. The predicted octanol–water partition coefficient (Wildman–Crippen LogP) is 3.76. The molecular formula is C18H18N2O. The second-order valence-electron chi connectivity index (χ2n) is 5.60. The molecule has 1 heterocycles. The van der Waals surface area contributed by atoms with Gasteiger partial charge < -0.3 is 15.0 Å². The van der Waals surface area contributed by atoms with Crippen molar-refractivity contribution >= 4 is 16.6 Å². The molecule has 2 aromatic carbocycles. The summed E-state index contributed by atoms with van der Waals surface area (Å²) >= 11 is 0. The molecule has 3 nitrogen and oxygen atoms in total. The van der Waals surface area contributed by atoms with Crippen LogP contribution in [-0.4, -0.2) is 18.1 Å². The van der Waals surface area contributed by atoms with Crippen molar-refractivity contribution in [2.24, 2.45) is 0 Å². The van der Waals surface area contributed by atoms with Crippen molar-refractivity contribution in [1.29, 1.82) is 0 Å². The maximum absolute atomic E-state index is 5.56. The van der Waals surface area contributed by atoms with Crippen molar-refractivity contribution in [2.75, 3.05) is 12.4 Å². The molecule has 0 saturated heterocycles. The van der Waals surface area contributed by atoms with Crippen LogP contribution in [0.25, 0.3) is 10.9 Å². The molecule has 0 radical (unpaired) electrons. The van der Waals surface area contributed by atoms with Gasteiger partial charge in [0.25, 0.3) is 0 Å². The Morgan fingerprint density at radius 2 is 1.95 bits per heavy atom. The first kappa shape index (κ1) is 12.3. The average molecular weight is 278 g/mol. The van der Waals surface area contributed by atoms with Gasteiger partial charge in [-0.3, -0.25) is 0 Å². The fourth-order valence-electron chi connectivity index (χ4n) is 3.36. The van der Waals surface area contributed by atoms with E-state index < -0.39 is 0 Å². The van der Waals surface area contributed by atoms with Gasteiger partial charge in [-0.05, 0) is 42.7 Å². The van der Waals surface area contributed by atoms with Crippen LogP contribution in [0.4, 0.5) is 5.69 Å². The molecule has 0 saturated carbocycles. The smallest absolute Gasteiger partial charge is 0.122 e. The molecule has 1 aromatic heterocycles. The Kier molecular flexibility index (Phi) is 2.85. The van der Waals surface area contributed by atoms with Crippen LogP contribution in [0.3, 0.4) is 0 Å². The first-order chi connectivity index (χ1) is 10.3. The molecular weight excluding hydrogens is 260 g/mol. The van der Waals surface area contributed by atoms with Crippen molar-refractivity contribution in [3.63, 3.8) is 0 Å². The monoisotopic (exact) mass is 278 g/mol. The first-order valence-corrected chi connectivity index (χ1v) is 7.32. The van der Waals surface area contributed by atoms with E-state index in [4.69, 9.17) is 4.74 Å². The number of para-hydroxylation sites is 1. The number of nitrogens with one attached hydrogen (secondary N) is 2. The molecule has 4 rings (SSSR count). The summed E-state index contributed by atoms with van der Waals surface area (Å²) in [6, 6.07) is 15.0. The van der Waals surface area contributed by atoms with E-state index in [-0.39, 0.29) is 0 Å². The van der Waals surface area contributed by atoms with E-state index in [9.17, 15) is 0 Å². The molecule has 106 valence electrons. The molecule has 0 amide bonds. The number of methoxy groups -OCH3 is 1. The van der Waals surface area contributed by atoms with Gasteiger partial charge in [-0.1, -0.05) is 18.2 Å². The average Bonchev–Trinajstić information content (AvgIpc) is 2.93. The molecule has 3 aromatic rings. The number of rotatable bonds is 3. The standard InChI is InChI=1S/C18H18N2O/c1-21-17-8-7-16-18-12(11-19-16)9-14(10-15(17)18)20-13-5-3-2-4-6-13/h2-8,11,14,19-20H,9-10H2,1H3. The summed E-state index contributed by atoms with van der Waals surface area (Å²) in [6.45, 7) is 0. The highest BCUT2D eigenvalue weighted by Gasteiger charge is 2.24. The molecule has 0 bridgehead atoms. The summed E-state index contributed by atoms with van der Waals surface area (Å²) in [7, 11) is 1.75. The van der Waals surface area contributed by atoms with E-state index in [1.54, 1.807) is 7.11 Å². The van der Waals surface area contributed by atoms with Crippen LogP contribution < -0.4 is 10.1 Å². The van der Waals surface area contributed by atoms with Gasteiger partial charge in [-0.2, -0.15) is 0 Å². The Hall–Kier alpha value is -2.42.